The van der Waals surface area contributed by atoms with Gasteiger partial charge >= 0.3 is 0 Å². The Kier molecular flexibility index (Phi) is 4.34. The van der Waals surface area contributed by atoms with Gasteiger partial charge in [-0.2, -0.15) is 0 Å². The molecule has 0 N–H and O–H groups in total. The highest BCUT2D eigenvalue weighted by atomic mass is 19.1. The summed E-state index contributed by atoms with van der Waals surface area (Å²) in [6.07, 6.45) is 4.15. The predicted molar refractivity (Wildman–Crippen MR) is 69.7 cm³/mol. The topological polar surface area (TPSA) is 20.3 Å². The van der Waals surface area contributed by atoms with Gasteiger partial charge in [-0.25, -0.2) is 4.39 Å². The van der Waals surface area contributed by atoms with Gasteiger partial charge in [0, 0.05) is 19.0 Å². The van der Waals surface area contributed by atoms with E-state index >= 15 is 0 Å². The van der Waals surface area contributed by atoms with Crippen molar-refractivity contribution in [2.24, 2.45) is 0 Å². The van der Waals surface area contributed by atoms with Crippen molar-refractivity contribution in [3.8, 4) is 0 Å². The first kappa shape index (κ1) is 13.1. The van der Waals surface area contributed by atoms with Crippen molar-refractivity contribution in [1.82, 2.24) is 4.90 Å². The Morgan fingerprint density at radius 1 is 1.44 bits per heavy atom. The summed E-state index contributed by atoms with van der Waals surface area (Å²) in [6.45, 7) is 2.99. The van der Waals surface area contributed by atoms with Gasteiger partial charge in [0.1, 0.15) is 5.82 Å². The SMILES string of the molecule is CCC1CCCN1C(=O)CCc1ccccc1F. The van der Waals surface area contributed by atoms with Crippen LogP contribution in [0.2, 0.25) is 0 Å². The van der Waals surface area contributed by atoms with E-state index in [9.17, 15) is 9.18 Å². The summed E-state index contributed by atoms with van der Waals surface area (Å²) in [5.41, 5.74) is 0.637. The quantitative estimate of drug-likeness (QED) is 0.802. The zero-order valence-corrected chi connectivity index (χ0v) is 10.9. The molecule has 1 aromatic rings. The number of likely N-dealkylation sites (tertiary alicyclic amines) is 1. The van der Waals surface area contributed by atoms with Crippen LogP contribution in [0, 0.1) is 5.82 Å². The third-order valence-corrected chi connectivity index (χ3v) is 3.73. The van der Waals surface area contributed by atoms with E-state index in [0.29, 0.717) is 24.4 Å². The second-order valence-corrected chi connectivity index (χ2v) is 4.88. The number of benzene rings is 1. The Labute approximate surface area is 108 Å². The van der Waals surface area contributed by atoms with Gasteiger partial charge in [-0.15, -0.1) is 0 Å². The minimum Gasteiger partial charge on any atom is -0.340 e. The molecule has 0 saturated carbocycles. The summed E-state index contributed by atoms with van der Waals surface area (Å²) < 4.78 is 13.4. The third-order valence-electron chi connectivity index (χ3n) is 3.73. The number of hydrogen-bond acceptors (Lipinski definition) is 1. The molecule has 3 heteroatoms. The molecule has 1 atom stereocenters. The lowest BCUT2D eigenvalue weighted by Gasteiger charge is -2.23. The zero-order chi connectivity index (χ0) is 13.0. The first-order valence-corrected chi connectivity index (χ1v) is 6.75. The number of nitrogens with zero attached hydrogens (tertiary/aromatic N) is 1. The molecule has 18 heavy (non-hydrogen) atoms. The van der Waals surface area contributed by atoms with Gasteiger partial charge in [-0.05, 0) is 37.3 Å². The van der Waals surface area contributed by atoms with E-state index < -0.39 is 0 Å². The summed E-state index contributed by atoms with van der Waals surface area (Å²) in [5, 5.41) is 0. The first-order chi connectivity index (χ1) is 8.72. The first-order valence-electron chi connectivity index (χ1n) is 6.75. The van der Waals surface area contributed by atoms with E-state index in [2.05, 4.69) is 6.92 Å². The number of rotatable bonds is 4. The maximum atomic E-state index is 13.4. The Morgan fingerprint density at radius 3 is 2.94 bits per heavy atom. The van der Waals surface area contributed by atoms with E-state index in [1.54, 1.807) is 12.1 Å². The second-order valence-electron chi connectivity index (χ2n) is 4.88. The van der Waals surface area contributed by atoms with Crippen molar-refractivity contribution in [2.45, 2.75) is 45.1 Å². The van der Waals surface area contributed by atoms with E-state index in [0.717, 1.165) is 25.8 Å². The van der Waals surface area contributed by atoms with Crippen molar-refractivity contribution in [2.75, 3.05) is 6.54 Å². The van der Waals surface area contributed by atoms with Gasteiger partial charge in [0.25, 0.3) is 0 Å². The van der Waals surface area contributed by atoms with Gasteiger partial charge in [0.05, 0.1) is 0 Å². The Hall–Kier alpha value is -1.38. The second kappa shape index (κ2) is 5.98. The zero-order valence-electron chi connectivity index (χ0n) is 10.9. The van der Waals surface area contributed by atoms with Crippen LogP contribution >= 0.6 is 0 Å². The molecule has 1 aliphatic rings. The molecule has 0 aliphatic carbocycles. The standard InChI is InChI=1S/C15H20FNO/c1-2-13-7-5-11-17(13)15(18)10-9-12-6-3-4-8-14(12)16/h3-4,6,8,13H,2,5,7,9-11H2,1H3. The van der Waals surface area contributed by atoms with Crippen LogP contribution in [0.5, 0.6) is 0 Å². The van der Waals surface area contributed by atoms with Gasteiger partial charge in [-0.3, -0.25) is 4.79 Å². The maximum absolute atomic E-state index is 13.4. The van der Waals surface area contributed by atoms with Gasteiger partial charge < -0.3 is 4.90 Å². The fourth-order valence-corrected chi connectivity index (χ4v) is 2.67. The van der Waals surface area contributed by atoms with Crippen LogP contribution in [0.1, 0.15) is 38.2 Å². The molecule has 1 aromatic carbocycles. The van der Waals surface area contributed by atoms with Gasteiger partial charge in [0.2, 0.25) is 5.91 Å². The molecule has 1 saturated heterocycles. The summed E-state index contributed by atoms with van der Waals surface area (Å²) in [4.78, 5) is 14.1. The van der Waals surface area contributed by atoms with Crippen molar-refractivity contribution in [3.05, 3.63) is 35.6 Å². The van der Waals surface area contributed by atoms with Crippen LogP contribution in [-0.4, -0.2) is 23.4 Å². The molecular formula is C15H20FNO. The molecule has 0 bridgehead atoms. The van der Waals surface area contributed by atoms with Gasteiger partial charge in [0.15, 0.2) is 0 Å². The molecular weight excluding hydrogens is 229 g/mol. The maximum Gasteiger partial charge on any atom is 0.223 e. The molecule has 0 radical (unpaired) electrons. The van der Waals surface area contributed by atoms with E-state index in [-0.39, 0.29) is 11.7 Å². The summed E-state index contributed by atoms with van der Waals surface area (Å²) >= 11 is 0. The normalized spacial score (nSPS) is 19.2. The van der Waals surface area contributed by atoms with E-state index in [1.165, 1.54) is 6.07 Å². The highest BCUT2D eigenvalue weighted by Crippen LogP contribution is 2.21. The number of carbonyl (C=O) groups excluding carboxylic acids is 1. The fraction of sp³-hybridized carbons (Fsp3) is 0.533. The van der Waals surface area contributed by atoms with E-state index in [4.69, 9.17) is 0 Å². The molecule has 2 nitrogen and oxygen atoms in total. The Balaban J connectivity index is 1.90. The third kappa shape index (κ3) is 2.89. The Bertz CT molecular complexity index is 419. The molecule has 98 valence electrons. The predicted octanol–water partition coefficient (Wildman–Crippen LogP) is 3.16. The summed E-state index contributed by atoms with van der Waals surface area (Å²) in [6, 6.07) is 7.09. The number of hydrogen-bond donors (Lipinski definition) is 0. The minimum atomic E-state index is -0.209. The smallest absolute Gasteiger partial charge is 0.223 e. The monoisotopic (exact) mass is 249 g/mol. The van der Waals surface area contributed by atoms with Crippen LogP contribution < -0.4 is 0 Å². The lowest BCUT2D eigenvalue weighted by atomic mass is 10.1. The lowest BCUT2D eigenvalue weighted by Crippen LogP contribution is -2.35. The van der Waals surface area contributed by atoms with Gasteiger partial charge in [-0.1, -0.05) is 25.1 Å². The summed E-state index contributed by atoms with van der Waals surface area (Å²) in [7, 11) is 0. The highest BCUT2D eigenvalue weighted by Gasteiger charge is 2.26. The van der Waals surface area contributed by atoms with Crippen molar-refractivity contribution < 1.29 is 9.18 Å². The average molecular weight is 249 g/mol. The molecule has 1 unspecified atom stereocenters. The van der Waals surface area contributed by atoms with Crippen LogP contribution in [0.4, 0.5) is 4.39 Å². The minimum absolute atomic E-state index is 0.169. The number of aryl methyl sites for hydroxylation is 1. The van der Waals surface area contributed by atoms with E-state index in [1.807, 2.05) is 11.0 Å². The summed E-state index contributed by atoms with van der Waals surface area (Å²) in [5.74, 6) is -0.0404. The molecule has 1 aliphatic heterocycles. The molecule has 0 aromatic heterocycles. The van der Waals surface area contributed by atoms with Crippen LogP contribution in [-0.2, 0) is 11.2 Å². The molecule has 0 spiro atoms. The number of amides is 1. The lowest BCUT2D eigenvalue weighted by molar-refractivity contribution is -0.132. The van der Waals surface area contributed by atoms with Crippen LogP contribution in [0.15, 0.2) is 24.3 Å². The highest BCUT2D eigenvalue weighted by molar-refractivity contribution is 5.77. The van der Waals surface area contributed by atoms with Crippen molar-refractivity contribution in [1.29, 1.82) is 0 Å². The van der Waals surface area contributed by atoms with Crippen LogP contribution in [0.3, 0.4) is 0 Å². The largest absolute Gasteiger partial charge is 0.340 e. The van der Waals surface area contributed by atoms with Crippen molar-refractivity contribution >= 4 is 5.91 Å². The fourth-order valence-electron chi connectivity index (χ4n) is 2.67. The Morgan fingerprint density at radius 2 is 2.22 bits per heavy atom. The molecule has 1 fully saturated rings. The number of halogens is 1. The molecule has 1 amide bonds. The molecule has 2 rings (SSSR count). The average Bonchev–Trinajstić information content (AvgIpc) is 2.86. The van der Waals surface area contributed by atoms with Crippen LogP contribution in [0.25, 0.3) is 0 Å². The molecule has 1 heterocycles. The number of carbonyl (C=O) groups is 1. The van der Waals surface area contributed by atoms with Crippen molar-refractivity contribution in [3.63, 3.8) is 0 Å².